The first-order valence-corrected chi connectivity index (χ1v) is 9.88. The molecule has 3 aromatic rings. The number of nitrogens with zero attached hydrogens (tertiary/aromatic N) is 4. The second kappa shape index (κ2) is 8.02. The van der Waals surface area contributed by atoms with Crippen molar-refractivity contribution in [3.63, 3.8) is 0 Å². The standard InChI is InChI=1S/C18H19FN4P/c19-10-4-5-13-24(16-6-2-1-3-7-16,17-8-11-20-14-22-17)18-9-12-21-15-23-18/h1-3,6-9,11-12,14-15H,4-5,10,13H2/q+1/i19-1. The van der Waals surface area contributed by atoms with Crippen LogP contribution < -0.4 is 16.2 Å². The van der Waals surface area contributed by atoms with Crippen molar-refractivity contribution in [3.05, 3.63) is 67.5 Å². The third kappa shape index (κ3) is 3.31. The average molecular weight is 340 g/mol. The van der Waals surface area contributed by atoms with Gasteiger partial charge in [-0.15, -0.1) is 0 Å². The van der Waals surface area contributed by atoms with Gasteiger partial charge in [0.15, 0.2) is 18.1 Å². The Morgan fingerprint density at radius 2 is 1.42 bits per heavy atom. The number of aromatic nitrogens is 4. The molecule has 0 amide bonds. The van der Waals surface area contributed by atoms with Crippen LogP contribution in [0.15, 0.2) is 67.5 Å². The maximum Gasteiger partial charge on any atom is 0.197 e. The van der Waals surface area contributed by atoms with Crippen LogP contribution in [0, 0.1) is 0 Å². The number of unbranched alkanes of at least 4 members (excludes halogenated alkanes) is 1. The van der Waals surface area contributed by atoms with Crippen LogP contribution >= 0.6 is 7.26 Å². The van der Waals surface area contributed by atoms with E-state index >= 15 is 0 Å². The van der Waals surface area contributed by atoms with Crippen molar-refractivity contribution in [1.82, 2.24) is 19.9 Å². The summed E-state index contributed by atoms with van der Waals surface area (Å²) in [5.74, 6) is 0. The predicted octanol–water partition coefficient (Wildman–Crippen LogP) is 2.31. The number of hydrogen-bond acceptors (Lipinski definition) is 4. The van der Waals surface area contributed by atoms with E-state index in [0.717, 1.165) is 23.5 Å². The summed E-state index contributed by atoms with van der Waals surface area (Å²) in [6.45, 7) is -0.303. The average Bonchev–Trinajstić information content (AvgIpc) is 2.68. The molecular formula is C18H19FN4P+. The Hall–Kier alpha value is -2.26. The van der Waals surface area contributed by atoms with Crippen molar-refractivity contribution in [3.8, 4) is 0 Å². The highest BCUT2D eigenvalue weighted by Crippen LogP contribution is 2.54. The van der Waals surface area contributed by atoms with E-state index in [4.69, 9.17) is 0 Å². The van der Waals surface area contributed by atoms with Crippen LogP contribution in [-0.4, -0.2) is 32.8 Å². The highest BCUT2D eigenvalue weighted by atomic mass is 31.2. The lowest BCUT2D eigenvalue weighted by molar-refractivity contribution is 0.470. The molecule has 6 heteroatoms. The normalized spacial score (nSPS) is 11.4. The van der Waals surface area contributed by atoms with E-state index < -0.39 is 7.26 Å². The Morgan fingerprint density at radius 1 is 0.792 bits per heavy atom. The fourth-order valence-electron chi connectivity index (χ4n) is 2.89. The van der Waals surface area contributed by atoms with E-state index in [1.165, 1.54) is 5.30 Å². The van der Waals surface area contributed by atoms with Gasteiger partial charge in [0.25, 0.3) is 0 Å². The minimum Gasteiger partial charge on any atom is -0.251 e. The van der Waals surface area contributed by atoms with Gasteiger partial charge >= 0.3 is 0 Å². The summed E-state index contributed by atoms with van der Waals surface area (Å²) >= 11 is 0. The second-order valence-electron chi connectivity index (χ2n) is 5.40. The zero-order chi connectivity index (χ0) is 16.7. The van der Waals surface area contributed by atoms with Crippen LogP contribution in [0.3, 0.4) is 0 Å². The van der Waals surface area contributed by atoms with Crippen molar-refractivity contribution >= 4 is 23.4 Å². The summed E-state index contributed by atoms with van der Waals surface area (Å²) in [6, 6.07) is 14.2. The zero-order valence-electron chi connectivity index (χ0n) is 13.3. The maximum absolute atomic E-state index is 12.7. The molecule has 0 fully saturated rings. The fraction of sp³-hybridized carbons (Fsp3) is 0.222. The predicted molar refractivity (Wildman–Crippen MR) is 96.4 cm³/mol. The van der Waals surface area contributed by atoms with Crippen molar-refractivity contribution in [1.29, 1.82) is 0 Å². The molecule has 0 radical (unpaired) electrons. The molecule has 0 atom stereocenters. The van der Waals surface area contributed by atoms with Crippen molar-refractivity contribution in [2.75, 3.05) is 12.8 Å². The van der Waals surface area contributed by atoms with E-state index in [9.17, 15) is 4.39 Å². The van der Waals surface area contributed by atoms with Crippen molar-refractivity contribution < 1.29 is 4.39 Å². The molecule has 0 spiro atoms. The van der Waals surface area contributed by atoms with Gasteiger partial charge in [-0.2, -0.15) is 0 Å². The highest BCUT2D eigenvalue weighted by molar-refractivity contribution is 7.95. The van der Waals surface area contributed by atoms with Gasteiger partial charge in [0, 0.05) is 24.5 Å². The molecule has 0 aliphatic heterocycles. The van der Waals surface area contributed by atoms with Gasteiger partial charge in [0.2, 0.25) is 0 Å². The molecule has 0 unspecified atom stereocenters. The fourth-order valence-corrected chi connectivity index (χ4v) is 6.88. The molecule has 0 aliphatic rings. The molecule has 24 heavy (non-hydrogen) atoms. The SMILES string of the molecule is [18F]CCCC[P+](c1ccccc1)(c1ccncn1)c1ccncn1. The number of hydrogen-bond donors (Lipinski definition) is 0. The second-order valence-corrected chi connectivity index (χ2v) is 8.90. The van der Waals surface area contributed by atoms with Crippen molar-refractivity contribution in [2.24, 2.45) is 0 Å². The molecule has 0 N–H and O–H groups in total. The summed E-state index contributed by atoms with van der Waals surface area (Å²) in [4.78, 5) is 17.2. The lowest BCUT2D eigenvalue weighted by Crippen LogP contribution is -2.36. The van der Waals surface area contributed by atoms with E-state index in [1.54, 1.807) is 25.0 Å². The van der Waals surface area contributed by atoms with E-state index in [0.29, 0.717) is 6.42 Å². The minimum atomic E-state index is -2.05. The summed E-state index contributed by atoms with van der Waals surface area (Å²) in [5, 5.41) is 1.20. The van der Waals surface area contributed by atoms with E-state index in [2.05, 4.69) is 32.1 Å². The van der Waals surface area contributed by atoms with Gasteiger partial charge in [-0.25, -0.2) is 19.9 Å². The first-order valence-electron chi connectivity index (χ1n) is 7.91. The van der Waals surface area contributed by atoms with Crippen LogP contribution in [-0.2, 0) is 0 Å². The third-order valence-corrected chi connectivity index (χ3v) is 8.25. The van der Waals surface area contributed by atoms with E-state index in [1.807, 2.05) is 30.3 Å². The Balaban J connectivity index is 2.20. The van der Waals surface area contributed by atoms with Crippen LogP contribution in [0.25, 0.3) is 0 Å². The zero-order valence-corrected chi connectivity index (χ0v) is 14.2. The monoisotopic (exact) mass is 340 g/mol. The minimum absolute atomic E-state index is 0.303. The van der Waals surface area contributed by atoms with Crippen LogP contribution in [0.5, 0.6) is 0 Å². The summed E-state index contributed by atoms with van der Waals surface area (Å²) in [7, 11) is -2.05. The molecule has 2 heterocycles. The Kier molecular flexibility index (Phi) is 5.55. The first kappa shape index (κ1) is 16.6. The molecule has 0 aliphatic carbocycles. The summed E-state index contributed by atoms with van der Waals surface area (Å²) in [6.07, 6.45) is 8.83. The molecule has 1 aromatic carbocycles. The smallest absolute Gasteiger partial charge is 0.197 e. The third-order valence-electron chi connectivity index (χ3n) is 3.99. The highest BCUT2D eigenvalue weighted by Gasteiger charge is 2.47. The number of rotatable bonds is 7. The topological polar surface area (TPSA) is 51.6 Å². The lowest BCUT2D eigenvalue weighted by Gasteiger charge is -2.24. The molecule has 3 rings (SSSR count). The summed E-state index contributed by atoms with van der Waals surface area (Å²) in [5.41, 5.74) is 1.95. The molecule has 2 aromatic heterocycles. The Labute approximate surface area is 141 Å². The molecule has 0 bridgehead atoms. The van der Waals surface area contributed by atoms with Gasteiger partial charge in [0.05, 0.1) is 12.8 Å². The lowest BCUT2D eigenvalue weighted by atomic mass is 10.4. The van der Waals surface area contributed by atoms with Gasteiger partial charge in [-0.05, 0) is 25.0 Å². The van der Waals surface area contributed by atoms with Gasteiger partial charge < -0.3 is 0 Å². The van der Waals surface area contributed by atoms with Crippen LogP contribution in [0.1, 0.15) is 12.8 Å². The van der Waals surface area contributed by atoms with Gasteiger partial charge in [0.1, 0.15) is 18.0 Å². The maximum atomic E-state index is 12.7. The van der Waals surface area contributed by atoms with E-state index in [-0.39, 0.29) is 6.67 Å². The summed E-state index contributed by atoms with van der Waals surface area (Å²) < 4.78 is 12.7. The number of benzene rings is 1. The molecule has 4 nitrogen and oxygen atoms in total. The van der Waals surface area contributed by atoms with Crippen molar-refractivity contribution in [2.45, 2.75) is 12.8 Å². The Morgan fingerprint density at radius 3 is 1.92 bits per heavy atom. The molecule has 122 valence electrons. The number of alkyl halides is 1. The first-order chi connectivity index (χ1) is 11.9. The molecule has 0 saturated heterocycles. The van der Waals surface area contributed by atoms with Crippen LogP contribution in [0.2, 0.25) is 0 Å². The molecule has 0 saturated carbocycles. The number of halogens is 1. The van der Waals surface area contributed by atoms with Gasteiger partial charge in [-0.1, -0.05) is 18.2 Å². The molecular weight excluding hydrogens is 321 g/mol. The van der Waals surface area contributed by atoms with Crippen LogP contribution in [0.4, 0.5) is 4.39 Å². The largest absolute Gasteiger partial charge is 0.251 e. The Bertz CT molecular complexity index is 644. The van der Waals surface area contributed by atoms with Gasteiger partial charge in [-0.3, -0.25) is 4.39 Å². The quantitative estimate of drug-likeness (QED) is 0.489.